The van der Waals surface area contributed by atoms with Gasteiger partial charge in [-0.1, -0.05) is 0 Å². The number of hydrogen-bond donors (Lipinski definition) is 2. The minimum atomic E-state index is -4.00. The minimum absolute atomic E-state index is 0.0403. The van der Waals surface area contributed by atoms with Crippen LogP contribution in [0, 0.1) is 5.82 Å². The van der Waals surface area contributed by atoms with E-state index in [0.717, 1.165) is 32.0 Å². The number of nitrogens with two attached hydrogens (primary N) is 1. The van der Waals surface area contributed by atoms with Gasteiger partial charge in [-0.3, -0.25) is 0 Å². The summed E-state index contributed by atoms with van der Waals surface area (Å²) >= 11 is 0. The van der Waals surface area contributed by atoms with Crippen molar-refractivity contribution in [1.82, 2.24) is 25.1 Å². The average molecular weight is 392 g/mol. The predicted molar refractivity (Wildman–Crippen MR) is 94.5 cm³/mol. The summed E-state index contributed by atoms with van der Waals surface area (Å²) in [6.45, 7) is 1.75. The molecule has 3 heterocycles. The predicted octanol–water partition coefficient (Wildman–Crippen LogP) is 0.733. The van der Waals surface area contributed by atoms with Gasteiger partial charge in [-0.25, -0.2) is 32.6 Å². The van der Waals surface area contributed by atoms with Crippen molar-refractivity contribution < 1.29 is 17.5 Å². The Labute approximate surface area is 154 Å². The van der Waals surface area contributed by atoms with Crippen LogP contribution < -0.4 is 15.2 Å². The molecule has 0 radical (unpaired) electrons. The number of sulfonamides is 1. The van der Waals surface area contributed by atoms with Crippen LogP contribution in [0.5, 0.6) is 5.88 Å². The standard InChI is InChI=1S/C16H17FN6O3S/c17-13-7-11(27(18,24)25)1-2-14(13)23-15-12(8-22-23)16(21-9-20-15)26-10-3-5-19-6-4-10/h1-2,7-10,19H,3-6H2,(H2,18,24,25). The molecule has 142 valence electrons. The molecule has 4 rings (SSSR count). The Morgan fingerprint density at radius 3 is 2.74 bits per heavy atom. The molecule has 3 aromatic rings. The fourth-order valence-corrected chi connectivity index (χ4v) is 3.53. The largest absolute Gasteiger partial charge is 0.474 e. The second kappa shape index (κ2) is 6.83. The van der Waals surface area contributed by atoms with Crippen LogP contribution in [-0.4, -0.2) is 47.4 Å². The third-order valence-electron chi connectivity index (χ3n) is 4.37. The molecule has 0 atom stereocenters. The number of halogens is 1. The van der Waals surface area contributed by atoms with E-state index in [1.807, 2.05) is 0 Å². The van der Waals surface area contributed by atoms with Gasteiger partial charge in [0.05, 0.1) is 11.1 Å². The fourth-order valence-electron chi connectivity index (χ4n) is 3.00. The van der Waals surface area contributed by atoms with E-state index in [0.29, 0.717) is 16.9 Å². The number of piperidine rings is 1. The molecule has 27 heavy (non-hydrogen) atoms. The molecule has 0 saturated carbocycles. The van der Waals surface area contributed by atoms with Gasteiger partial charge in [-0.15, -0.1) is 0 Å². The van der Waals surface area contributed by atoms with Crippen LogP contribution in [-0.2, 0) is 10.0 Å². The summed E-state index contributed by atoms with van der Waals surface area (Å²) in [6, 6.07) is 3.36. The van der Waals surface area contributed by atoms with Crippen molar-refractivity contribution >= 4 is 21.1 Å². The van der Waals surface area contributed by atoms with Gasteiger partial charge in [0.25, 0.3) is 0 Å². The van der Waals surface area contributed by atoms with Crippen molar-refractivity contribution in [1.29, 1.82) is 0 Å². The van der Waals surface area contributed by atoms with E-state index in [-0.39, 0.29) is 16.7 Å². The fraction of sp³-hybridized carbons (Fsp3) is 0.312. The quantitative estimate of drug-likeness (QED) is 0.670. The van der Waals surface area contributed by atoms with Crippen LogP contribution in [0.25, 0.3) is 16.7 Å². The Balaban J connectivity index is 1.72. The zero-order valence-electron chi connectivity index (χ0n) is 14.2. The van der Waals surface area contributed by atoms with Crippen molar-refractivity contribution in [2.75, 3.05) is 13.1 Å². The molecule has 2 aromatic heterocycles. The molecule has 0 amide bonds. The molecule has 1 fully saturated rings. The Morgan fingerprint density at radius 1 is 1.26 bits per heavy atom. The highest BCUT2D eigenvalue weighted by Crippen LogP contribution is 2.26. The minimum Gasteiger partial charge on any atom is -0.474 e. The number of aromatic nitrogens is 4. The van der Waals surface area contributed by atoms with Gasteiger partial charge in [0, 0.05) is 0 Å². The molecule has 1 saturated heterocycles. The Morgan fingerprint density at radius 2 is 2.04 bits per heavy atom. The van der Waals surface area contributed by atoms with E-state index in [9.17, 15) is 12.8 Å². The van der Waals surface area contributed by atoms with Crippen molar-refractivity contribution in [3.05, 3.63) is 36.5 Å². The van der Waals surface area contributed by atoms with Gasteiger partial charge in [0.2, 0.25) is 15.9 Å². The van der Waals surface area contributed by atoms with Gasteiger partial charge in [-0.2, -0.15) is 5.10 Å². The van der Waals surface area contributed by atoms with Gasteiger partial charge in [-0.05, 0) is 44.1 Å². The van der Waals surface area contributed by atoms with E-state index >= 15 is 0 Å². The highest BCUT2D eigenvalue weighted by Gasteiger charge is 2.20. The SMILES string of the molecule is NS(=O)(=O)c1ccc(-n2ncc3c(OC4CCNCC4)ncnc32)c(F)c1. The van der Waals surface area contributed by atoms with Crippen molar-refractivity contribution in [3.63, 3.8) is 0 Å². The van der Waals surface area contributed by atoms with E-state index < -0.39 is 15.8 Å². The van der Waals surface area contributed by atoms with E-state index in [4.69, 9.17) is 9.88 Å². The third kappa shape index (κ3) is 3.48. The van der Waals surface area contributed by atoms with Gasteiger partial charge in [0.15, 0.2) is 5.65 Å². The van der Waals surface area contributed by atoms with Crippen molar-refractivity contribution in [3.8, 4) is 11.6 Å². The lowest BCUT2D eigenvalue weighted by Crippen LogP contribution is -2.34. The second-order valence-corrected chi connectivity index (χ2v) is 7.76. The number of fused-ring (bicyclic) bond motifs is 1. The molecule has 1 aliphatic heterocycles. The lowest BCUT2D eigenvalue weighted by Gasteiger charge is -2.23. The summed E-state index contributed by atoms with van der Waals surface area (Å²) in [6.07, 6.45) is 4.59. The molecule has 0 bridgehead atoms. The summed E-state index contributed by atoms with van der Waals surface area (Å²) in [5.41, 5.74) is 0.403. The Bertz CT molecular complexity index is 1090. The number of rotatable bonds is 4. The number of ether oxygens (including phenoxy) is 1. The molecule has 0 spiro atoms. The monoisotopic (exact) mass is 392 g/mol. The smallest absolute Gasteiger partial charge is 0.238 e. The topological polar surface area (TPSA) is 125 Å². The van der Waals surface area contributed by atoms with Crippen molar-refractivity contribution in [2.45, 2.75) is 23.8 Å². The first-order chi connectivity index (χ1) is 12.9. The van der Waals surface area contributed by atoms with E-state index in [2.05, 4.69) is 20.4 Å². The molecule has 0 aliphatic carbocycles. The van der Waals surface area contributed by atoms with Crippen LogP contribution in [0.3, 0.4) is 0 Å². The summed E-state index contributed by atoms with van der Waals surface area (Å²) in [4.78, 5) is 8.04. The van der Waals surface area contributed by atoms with E-state index in [1.165, 1.54) is 29.3 Å². The molecule has 3 N–H and O–H groups in total. The highest BCUT2D eigenvalue weighted by molar-refractivity contribution is 7.89. The normalized spacial score (nSPS) is 15.9. The Kier molecular flexibility index (Phi) is 4.50. The second-order valence-electron chi connectivity index (χ2n) is 6.20. The molecule has 1 aromatic carbocycles. The number of nitrogens with one attached hydrogen (secondary N) is 1. The number of benzene rings is 1. The summed E-state index contributed by atoms with van der Waals surface area (Å²) in [7, 11) is -4.00. The van der Waals surface area contributed by atoms with Crippen LogP contribution >= 0.6 is 0 Å². The van der Waals surface area contributed by atoms with E-state index in [1.54, 1.807) is 0 Å². The first kappa shape index (κ1) is 17.8. The van der Waals surface area contributed by atoms with Crippen LogP contribution in [0.1, 0.15) is 12.8 Å². The molecule has 0 unspecified atom stereocenters. The maximum Gasteiger partial charge on any atom is 0.238 e. The van der Waals surface area contributed by atoms with Crippen LogP contribution in [0.2, 0.25) is 0 Å². The average Bonchev–Trinajstić information content (AvgIpc) is 3.07. The summed E-state index contributed by atoms with van der Waals surface area (Å²) in [5.74, 6) is -0.398. The lowest BCUT2D eigenvalue weighted by atomic mass is 10.1. The molecular formula is C16H17FN6O3S. The number of nitrogens with zero attached hydrogens (tertiary/aromatic N) is 4. The van der Waals surface area contributed by atoms with Gasteiger partial charge < -0.3 is 10.1 Å². The molecular weight excluding hydrogens is 375 g/mol. The number of primary sulfonamides is 1. The maximum absolute atomic E-state index is 14.5. The van der Waals surface area contributed by atoms with Crippen LogP contribution in [0.15, 0.2) is 35.6 Å². The van der Waals surface area contributed by atoms with Crippen LogP contribution in [0.4, 0.5) is 4.39 Å². The molecule has 9 nitrogen and oxygen atoms in total. The third-order valence-corrected chi connectivity index (χ3v) is 5.28. The molecule has 11 heteroatoms. The maximum atomic E-state index is 14.5. The van der Waals surface area contributed by atoms with Gasteiger partial charge in [0.1, 0.15) is 29.3 Å². The Hall–Kier alpha value is -2.63. The molecule has 1 aliphatic rings. The zero-order valence-corrected chi connectivity index (χ0v) is 15.0. The number of hydrogen-bond acceptors (Lipinski definition) is 7. The summed E-state index contributed by atoms with van der Waals surface area (Å²) in [5, 5.41) is 13.0. The van der Waals surface area contributed by atoms with Crippen molar-refractivity contribution in [2.24, 2.45) is 5.14 Å². The first-order valence-electron chi connectivity index (χ1n) is 8.32. The highest BCUT2D eigenvalue weighted by atomic mass is 32.2. The zero-order chi connectivity index (χ0) is 19.0. The first-order valence-corrected chi connectivity index (χ1v) is 9.87. The summed E-state index contributed by atoms with van der Waals surface area (Å²) < 4.78 is 44.5. The lowest BCUT2D eigenvalue weighted by molar-refractivity contribution is 0.158. The van der Waals surface area contributed by atoms with Gasteiger partial charge >= 0.3 is 0 Å².